The van der Waals surface area contributed by atoms with Crippen molar-refractivity contribution < 1.29 is 4.74 Å². The average Bonchev–Trinajstić information content (AvgIpc) is 2.73. The van der Waals surface area contributed by atoms with Crippen molar-refractivity contribution in [3.8, 4) is 0 Å². The molecule has 0 amide bonds. The lowest BCUT2D eigenvalue weighted by Gasteiger charge is -2.12. The second-order valence-corrected chi connectivity index (χ2v) is 5.35. The number of benzene rings is 1. The molecule has 2 aromatic rings. The third kappa shape index (κ3) is 3.58. The van der Waals surface area contributed by atoms with E-state index in [9.17, 15) is 0 Å². The third-order valence-electron chi connectivity index (χ3n) is 3.16. The molecule has 1 N–H and O–H groups in total. The van der Waals surface area contributed by atoms with Crippen molar-refractivity contribution >= 4 is 10.9 Å². The molecule has 1 aromatic heterocycles. The maximum absolute atomic E-state index is 5.71. The van der Waals surface area contributed by atoms with Gasteiger partial charge in [0.1, 0.15) is 0 Å². The molecule has 2 rings (SSSR count). The number of rotatable bonds is 7. The van der Waals surface area contributed by atoms with E-state index in [2.05, 4.69) is 54.1 Å². The highest BCUT2D eigenvalue weighted by atomic mass is 16.5. The fourth-order valence-corrected chi connectivity index (χ4v) is 2.33. The molecule has 0 saturated heterocycles. The summed E-state index contributed by atoms with van der Waals surface area (Å²) < 4.78 is 8.06. The van der Waals surface area contributed by atoms with Crippen molar-refractivity contribution in [1.29, 1.82) is 0 Å². The zero-order valence-electron chi connectivity index (χ0n) is 12.1. The first-order valence-corrected chi connectivity index (χ1v) is 7.02. The van der Waals surface area contributed by atoms with Crippen molar-refractivity contribution in [1.82, 2.24) is 9.88 Å². The predicted molar refractivity (Wildman–Crippen MR) is 80.4 cm³/mol. The molecule has 0 aliphatic heterocycles. The highest BCUT2D eigenvalue weighted by Crippen LogP contribution is 2.19. The quantitative estimate of drug-likeness (QED) is 0.774. The standard InChI is InChI=1S/C16H24N2O/c1-13(2)12-19-9-8-18-15(11-17-3)10-14-6-4-5-7-16(14)18/h4-7,10,13,17H,8-9,11-12H2,1-3H3. The van der Waals surface area contributed by atoms with Gasteiger partial charge < -0.3 is 14.6 Å². The summed E-state index contributed by atoms with van der Waals surface area (Å²) in [6.45, 7) is 7.76. The molecule has 0 bridgehead atoms. The van der Waals surface area contributed by atoms with Crippen LogP contribution in [0.5, 0.6) is 0 Å². The van der Waals surface area contributed by atoms with E-state index in [1.54, 1.807) is 0 Å². The van der Waals surface area contributed by atoms with Crippen molar-refractivity contribution in [3.63, 3.8) is 0 Å². The first-order chi connectivity index (χ1) is 9.22. The maximum Gasteiger partial charge on any atom is 0.0645 e. The molecule has 1 aromatic carbocycles. The van der Waals surface area contributed by atoms with Crippen LogP contribution in [0.2, 0.25) is 0 Å². The van der Waals surface area contributed by atoms with Gasteiger partial charge in [0.15, 0.2) is 0 Å². The second-order valence-electron chi connectivity index (χ2n) is 5.35. The molecule has 0 unspecified atom stereocenters. The van der Waals surface area contributed by atoms with E-state index in [-0.39, 0.29) is 0 Å². The molecule has 0 aliphatic carbocycles. The minimum absolute atomic E-state index is 0.596. The molecule has 1 heterocycles. The van der Waals surface area contributed by atoms with Crippen LogP contribution in [0.25, 0.3) is 10.9 Å². The fraction of sp³-hybridized carbons (Fsp3) is 0.500. The van der Waals surface area contributed by atoms with Crippen LogP contribution in [-0.2, 0) is 17.8 Å². The highest BCUT2D eigenvalue weighted by Gasteiger charge is 2.07. The van der Waals surface area contributed by atoms with Crippen LogP contribution in [0.1, 0.15) is 19.5 Å². The number of nitrogens with one attached hydrogen (secondary N) is 1. The SMILES string of the molecule is CNCc1cc2ccccc2n1CCOCC(C)C. The Labute approximate surface area is 115 Å². The maximum atomic E-state index is 5.71. The van der Waals surface area contributed by atoms with Gasteiger partial charge in [-0.2, -0.15) is 0 Å². The topological polar surface area (TPSA) is 26.2 Å². The third-order valence-corrected chi connectivity index (χ3v) is 3.16. The van der Waals surface area contributed by atoms with E-state index >= 15 is 0 Å². The van der Waals surface area contributed by atoms with Crippen LogP contribution in [0, 0.1) is 5.92 Å². The summed E-state index contributed by atoms with van der Waals surface area (Å²) in [5.41, 5.74) is 2.61. The summed E-state index contributed by atoms with van der Waals surface area (Å²) in [5.74, 6) is 0.596. The van der Waals surface area contributed by atoms with Crippen LogP contribution in [0.3, 0.4) is 0 Å². The van der Waals surface area contributed by atoms with Crippen molar-refractivity contribution in [2.75, 3.05) is 20.3 Å². The van der Waals surface area contributed by atoms with Gasteiger partial charge in [0.25, 0.3) is 0 Å². The van der Waals surface area contributed by atoms with Gasteiger partial charge in [-0.05, 0) is 30.5 Å². The van der Waals surface area contributed by atoms with Crippen LogP contribution >= 0.6 is 0 Å². The smallest absolute Gasteiger partial charge is 0.0645 e. The Bertz CT molecular complexity index is 516. The van der Waals surface area contributed by atoms with E-state index in [1.165, 1.54) is 16.6 Å². The predicted octanol–water partition coefficient (Wildman–Crippen LogP) is 3.03. The second kappa shape index (κ2) is 6.73. The molecular weight excluding hydrogens is 236 g/mol. The van der Waals surface area contributed by atoms with Crippen molar-refractivity contribution in [2.45, 2.75) is 26.9 Å². The molecule has 0 spiro atoms. The fourth-order valence-electron chi connectivity index (χ4n) is 2.33. The van der Waals surface area contributed by atoms with Crippen LogP contribution < -0.4 is 5.32 Å². The van der Waals surface area contributed by atoms with Gasteiger partial charge in [-0.25, -0.2) is 0 Å². The Morgan fingerprint density at radius 3 is 2.79 bits per heavy atom. The zero-order valence-corrected chi connectivity index (χ0v) is 12.1. The van der Waals surface area contributed by atoms with E-state index in [1.807, 2.05) is 7.05 Å². The molecule has 104 valence electrons. The summed E-state index contributed by atoms with van der Waals surface area (Å²) >= 11 is 0. The molecule has 19 heavy (non-hydrogen) atoms. The monoisotopic (exact) mass is 260 g/mol. The summed E-state index contributed by atoms with van der Waals surface area (Å²) in [6.07, 6.45) is 0. The number of fused-ring (bicyclic) bond motifs is 1. The molecule has 0 radical (unpaired) electrons. The summed E-state index contributed by atoms with van der Waals surface area (Å²) in [4.78, 5) is 0. The lowest BCUT2D eigenvalue weighted by molar-refractivity contribution is 0.103. The van der Waals surface area contributed by atoms with Gasteiger partial charge in [-0.15, -0.1) is 0 Å². The van der Waals surface area contributed by atoms with Gasteiger partial charge in [-0.3, -0.25) is 0 Å². The molecular formula is C16H24N2O. The van der Waals surface area contributed by atoms with Gasteiger partial charge in [0.05, 0.1) is 6.61 Å². The Morgan fingerprint density at radius 2 is 2.05 bits per heavy atom. The highest BCUT2D eigenvalue weighted by molar-refractivity contribution is 5.81. The van der Waals surface area contributed by atoms with Crippen molar-refractivity contribution in [2.24, 2.45) is 5.92 Å². The van der Waals surface area contributed by atoms with E-state index in [0.29, 0.717) is 5.92 Å². The normalized spacial score (nSPS) is 11.6. The minimum Gasteiger partial charge on any atom is -0.379 e. The Balaban J connectivity index is 2.12. The first-order valence-electron chi connectivity index (χ1n) is 7.02. The molecule has 0 atom stereocenters. The Kier molecular flexibility index (Phi) is 5.00. The summed E-state index contributed by atoms with van der Waals surface area (Å²) in [7, 11) is 1.98. The van der Waals surface area contributed by atoms with Crippen LogP contribution in [0.4, 0.5) is 0 Å². The number of aromatic nitrogens is 1. The average molecular weight is 260 g/mol. The number of hydrogen-bond acceptors (Lipinski definition) is 2. The summed E-state index contributed by atoms with van der Waals surface area (Å²) in [5, 5.41) is 4.53. The number of para-hydroxylation sites is 1. The lowest BCUT2D eigenvalue weighted by Crippen LogP contribution is -2.14. The minimum atomic E-state index is 0.596. The van der Waals surface area contributed by atoms with Gasteiger partial charge in [-0.1, -0.05) is 32.0 Å². The number of hydrogen-bond donors (Lipinski definition) is 1. The van der Waals surface area contributed by atoms with E-state index in [4.69, 9.17) is 4.74 Å². The molecule has 3 nitrogen and oxygen atoms in total. The Morgan fingerprint density at radius 1 is 1.26 bits per heavy atom. The van der Waals surface area contributed by atoms with Crippen molar-refractivity contribution in [3.05, 3.63) is 36.0 Å². The summed E-state index contributed by atoms with van der Waals surface area (Å²) in [6, 6.07) is 10.8. The van der Waals surface area contributed by atoms with E-state index < -0.39 is 0 Å². The largest absolute Gasteiger partial charge is 0.379 e. The number of ether oxygens (including phenoxy) is 1. The van der Waals surface area contributed by atoms with Gasteiger partial charge in [0, 0.05) is 30.9 Å². The van der Waals surface area contributed by atoms with Gasteiger partial charge >= 0.3 is 0 Å². The van der Waals surface area contributed by atoms with Crippen LogP contribution in [-0.4, -0.2) is 24.8 Å². The van der Waals surface area contributed by atoms with E-state index in [0.717, 1.165) is 26.3 Å². The lowest BCUT2D eigenvalue weighted by atomic mass is 10.2. The molecule has 3 heteroatoms. The molecule has 0 aliphatic rings. The first kappa shape index (κ1) is 14.1. The Hall–Kier alpha value is -1.32. The van der Waals surface area contributed by atoms with Crippen LogP contribution in [0.15, 0.2) is 30.3 Å². The zero-order chi connectivity index (χ0) is 13.7. The number of nitrogens with zero attached hydrogens (tertiary/aromatic N) is 1. The molecule has 0 fully saturated rings. The molecule has 0 saturated carbocycles. The van der Waals surface area contributed by atoms with Gasteiger partial charge in [0.2, 0.25) is 0 Å².